The van der Waals surface area contributed by atoms with Crippen molar-refractivity contribution in [2.24, 2.45) is 5.41 Å². The molecule has 2 N–H and O–H groups in total. The number of benzene rings is 2. The molecule has 6 heteroatoms. The van der Waals surface area contributed by atoms with Crippen LogP contribution in [0.4, 0.5) is 5.69 Å². The zero-order chi connectivity index (χ0) is 21.4. The first-order valence-corrected chi connectivity index (χ1v) is 9.63. The highest BCUT2D eigenvalue weighted by Crippen LogP contribution is 2.18. The third-order valence-corrected chi connectivity index (χ3v) is 4.22. The van der Waals surface area contributed by atoms with Crippen molar-refractivity contribution in [2.45, 2.75) is 40.2 Å². The Kier molecular flexibility index (Phi) is 7.53. The normalized spacial score (nSPS) is 12.0. The molecule has 2 amide bonds. The first kappa shape index (κ1) is 22.1. The summed E-state index contributed by atoms with van der Waals surface area (Å²) in [6.07, 6.45) is 0.325. The van der Waals surface area contributed by atoms with Gasteiger partial charge in [-0.25, -0.2) is 4.79 Å². The van der Waals surface area contributed by atoms with Gasteiger partial charge < -0.3 is 15.4 Å². The Hall–Kier alpha value is -3.15. The summed E-state index contributed by atoms with van der Waals surface area (Å²) in [6.45, 7) is 7.39. The van der Waals surface area contributed by atoms with Gasteiger partial charge in [-0.1, -0.05) is 57.2 Å². The Morgan fingerprint density at radius 2 is 1.69 bits per heavy atom. The predicted molar refractivity (Wildman–Crippen MR) is 113 cm³/mol. The molecule has 0 heterocycles. The lowest BCUT2D eigenvalue weighted by Gasteiger charge is -2.19. The lowest BCUT2D eigenvalue weighted by atomic mass is 9.95. The molecule has 0 aromatic heterocycles. The minimum absolute atomic E-state index is 0.150. The van der Waals surface area contributed by atoms with Crippen LogP contribution in [0.2, 0.25) is 0 Å². The molecule has 0 aliphatic heterocycles. The summed E-state index contributed by atoms with van der Waals surface area (Å²) in [5.41, 5.74) is 1.23. The van der Waals surface area contributed by atoms with E-state index < -0.39 is 23.3 Å². The fraction of sp³-hybridized carbons (Fsp3) is 0.348. The number of hydrogen-bond acceptors (Lipinski definition) is 4. The van der Waals surface area contributed by atoms with Crippen LogP contribution in [0.1, 0.15) is 43.6 Å². The van der Waals surface area contributed by atoms with Crippen molar-refractivity contribution in [3.63, 3.8) is 0 Å². The molecule has 154 valence electrons. The van der Waals surface area contributed by atoms with Crippen molar-refractivity contribution >= 4 is 23.5 Å². The van der Waals surface area contributed by atoms with Crippen LogP contribution in [0.25, 0.3) is 0 Å². The van der Waals surface area contributed by atoms with Crippen LogP contribution in [0, 0.1) is 5.41 Å². The van der Waals surface area contributed by atoms with Crippen LogP contribution in [-0.2, 0) is 20.7 Å². The van der Waals surface area contributed by atoms with Crippen molar-refractivity contribution in [2.75, 3.05) is 11.9 Å². The zero-order valence-corrected chi connectivity index (χ0v) is 17.3. The van der Waals surface area contributed by atoms with Gasteiger partial charge in [-0.05, 0) is 30.7 Å². The van der Waals surface area contributed by atoms with Gasteiger partial charge in [-0.2, -0.15) is 0 Å². The standard InChI is InChI=1S/C23H28N2O4/c1-5-29-21(27)19(14-16-10-7-6-8-11-16)25-20(26)17-12-9-13-18(15-17)24-22(28)23(2,3)4/h6-13,15,19H,5,14H2,1-4H3,(H,24,28)(H,25,26). The van der Waals surface area contributed by atoms with Crippen LogP contribution in [0.15, 0.2) is 54.6 Å². The van der Waals surface area contributed by atoms with E-state index in [1.165, 1.54) is 0 Å². The van der Waals surface area contributed by atoms with Crippen molar-refractivity contribution < 1.29 is 19.1 Å². The molecular weight excluding hydrogens is 368 g/mol. The van der Waals surface area contributed by atoms with E-state index in [1.807, 2.05) is 51.1 Å². The van der Waals surface area contributed by atoms with Crippen molar-refractivity contribution in [3.05, 3.63) is 65.7 Å². The Bertz CT molecular complexity index is 857. The van der Waals surface area contributed by atoms with E-state index in [9.17, 15) is 14.4 Å². The van der Waals surface area contributed by atoms with Gasteiger partial charge in [0, 0.05) is 23.1 Å². The summed E-state index contributed by atoms with van der Waals surface area (Å²) < 4.78 is 5.12. The molecule has 0 spiro atoms. The monoisotopic (exact) mass is 396 g/mol. The van der Waals surface area contributed by atoms with Gasteiger partial charge in [0.25, 0.3) is 5.91 Å². The molecular formula is C23H28N2O4. The Morgan fingerprint density at radius 1 is 1.00 bits per heavy atom. The lowest BCUT2D eigenvalue weighted by molar-refractivity contribution is -0.145. The van der Waals surface area contributed by atoms with Gasteiger partial charge in [0.1, 0.15) is 6.04 Å². The molecule has 29 heavy (non-hydrogen) atoms. The fourth-order valence-electron chi connectivity index (χ4n) is 2.58. The highest BCUT2D eigenvalue weighted by molar-refractivity contribution is 5.99. The summed E-state index contributed by atoms with van der Waals surface area (Å²) in [5.74, 6) is -1.05. The predicted octanol–water partition coefficient (Wildman–Crippen LogP) is 3.58. The van der Waals surface area contributed by atoms with E-state index in [-0.39, 0.29) is 12.5 Å². The van der Waals surface area contributed by atoms with Crippen molar-refractivity contribution in [1.29, 1.82) is 0 Å². The summed E-state index contributed by atoms with van der Waals surface area (Å²) in [4.78, 5) is 37.3. The second kappa shape index (κ2) is 9.87. The second-order valence-electron chi connectivity index (χ2n) is 7.75. The van der Waals surface area contributed by atoms with Gasteiger partial charge in [0.05, 0.1) is 6.61 Å². The summed E-state index contributed by atoms with van der Waals surface area (Å²) in [7, 11) is 0. The smallest absolute Gasteiger partial charge is 0.328 e. The van der Waals surface area contributed by atoms with E-state index in [2.05, 4.69) is 10.6 Å². The molecule has 0 fully saturated rings. The Balaban J connectivity index is 2.15. The molecule has 0 saturated carbocycles. The number of amides is 2. The molecule has 0 radical (unpaired) electrons. The average molecular weight is 396 g/mol. The molecule has 2 aromatic carbocycles. The molecule has 0 bridgehead atoms. The van der Waals surface area contributed by atoms with Crippen LogP contribution < -0.4 is 10.6 Å². The summed E-state index contributed by atoms with van der Waals surface area (Å²) in [6, 6.07) is 15.2. The largest absolute Gasteiger partial charge is 0.464 e. The highest BCUT2D eigenvalue weighted by atomic mass is 16.5. The Morgan fingerprint density at radius 3 is 2.31 bits per heavy atom. The average Bonchev–Trinajstić information content (AvgIpc) is 2.68. The Labute approximate surface area is 171 Å². The summed E-state index contributed by atoms with van der Waals surface area (Å²) in [5, 5.41) is 5.55. The van der Waals surface area contributed by atoms with E-state index >= 15 is 0 Å². The number of rotatable bonds is 7. The van der Waals surface area contributed by atoms with Gasteiger partial charge in [0.2, 0.25) is 5.91 Å². The van der Waals surface area contributed by atoms with Gasteiger partial charge in [-0.15, -0.1) is 0 Å². The molecule has 1 atom stereocenters. The minimum Gasteiger partial charge on any atom is -0.464 e. The number of hydrogen-bond donors (Lipinski definition) is 2. The third-order valence-electron chi connectivity index (χ3n) is 4.22. The second-order valence-corrected chi connectivity index (χ2v) is 7.75. The number of anilines is 1. The number of ether oxygens (including phenoxy) is 1. The molecule has 0 saturated heterocycles. The SMILES string of the molecule is CCOC(=O)C(Cc1ccccc1)NC(=O)c1cccc(NC(=O)C(C)(C)C)c1. The maximum Gasteiger partial charge on any atom is 0.328 e. The molecule has 0 aliphatic carbocycles. The van der Waals surface area contributed by atoms with E-state index in [0.717, 1.165) is 5.56 Å². The number of nitrogens with one attached hydrogen (secondary N) is 2. The molecule has 2 rings (SSSR count). The van der Waals surface area contributed by atoms with Crippen LogP contribution in [0.3, 0.4) is 0 Å². The van der Waals surface area contributed by atoms with Crippen molar-refractivity contribution in [1.82, 2.24) is 5.32 Å². The number of carbonyl (C=O) groups is 3. The topological polar surface area (TPSA) is 84.5 Å². The van der Waals surface area contributed by atoms with E-state index in [0.29, 0.717) is 17.7 Å². The highest BCUT2D eigenvalue weighted by Gasteiger charge is 2.24. The third kappa shape index (κ3) is 6.75. The van der Waals surface area contributed by atoms with Crippen LogP contribution in [-0.4, -0.2) is 30.4 Å². The first-order chi connectivity index (χ1) is 13.7. The maximum atomic E-state index is 12.8. The molecule has 6 nitrogen and oxygen atoms in total. The van der Waals surface area contributed by atoms with Gasteiger partial charge in [-0.3, -0.25) is 9.59 Å². The van der Waals surface area contributed by atoms with Gasteiger partial charge >= 0.3 is 5.97 Å². The number of carbonyl (C=O) groups excluding carboxylic acids is 3. The fourth-order valence-corrected chi connectivity index (χ4v) is 2.58. The van der Waals surface area contributed by atoms with Crippen LogP contribution in [0.5, 0.6) is 0 Å². The molecule has 2 aromatic rings. The first-order valence-electron chi connectivity index (χ1n) is 9.63. The zero-order valence-electron chi connectivity index (χ0n) is 17.3. The number of esters is 1. The van der Waals surface area contributed by atoms with E-state index in [4.69, 9.17) is 4.74 Å². The van der Waals surface area contributed by atoms with Crippen LogP contribution >= 0.6 is 0 Å². The van der Waals surface area contributed by atoms with E-state index in [1.54, 1.807) is 31.2 Å². The quantitative estimate of drug-likeness (QED) is 0.701. The van der Waals surface area contributed by atoms with Crippen molar-refractivity contribution in [3.8, 4) is 0 Å². The lowest BCUT2D eigenvalue weighted by Crippen LogP contribution is -2.43. The maximum absolute atomic E-state index is 12.8. The molecule has 1 unspecified atom stereocenters. The van der Waals surface area contributed by atoms with Gasteiger partial charge in [0.15, 0.2) is 0 Å². The summed E-state index contributed by atoms with van der Waals surface area (Å²) >= 11 is 0. The minimum atomic E-state index is -0.808. The molecule has 0 aliphatic rings.